The fraction of sp³-hybridized carbons (Fsp3) is 0.471. The van der Waals surface area contributed by atoms with E-state index in [1.54, 1.807) is 12.1 Å². The van der Waals surface area contributed by atoms with Crippen LogP contribution in [0.15, 0.2) is 29.2 Å². The Bertz CT molecular complexity index is 856. The highest BCUT2D eigenvalue weighted by atomic mass is 32.2. The summed E-state index contributed by atoms with van der Waals surface area (Å²) in [5.41, 5.74) is 0.147. The normalized spacial score (nSPS) is 19.1. The zero-order valence-corrected chi connectivity index (χ0v) is 15.6. The first kappa shape index (κ1) is 19.3. The topological polar surface area (TPSA) is 114 Å². The van der Waals surface area contributed by atoms with Crippen molar-refractivity contribution in [1.82, 2.24) is 19.4 Å². The summed E-state index contributed by atoms with van der Waals surface area (Å²) in [4.78, 5) is 26.4. The second-order valence-electron chi connectivity index (χ2n) is 6.41. The van der Waals surface area contributed by atoms with Crippen molar-refractivity contribution in [2.45, 2.75) is 11.3 Å². The molecule has 144 valence electrons. The van der Waals surface area contributed by atoms with Crippen LogP contribution in [0.25, 0.3) is 0 Å². The van der Waals surface area contributed by atoms with Crippen LogP contribution in [-0.2, 0) is 14.8 Å². The number of hydrogen-bond acceptors (Lipinski definition) is 6. The van der Waals surface area contributed by atoms with Crippen molar-refractivity contribution in [3.05, 3.63) is 29.8 Å². The lowest BCUT2D eigenvalue weighted by atomic mass is 10.2. The molecule has 2 heterocycles. The number of benzene rings is 1. The molecule has 1 N–H and O–H groups in total. The Morgan fingerprint density at radius 2 is 1.78 bits per heavy atom. The molecule has 0 saturated carbocycles. The van der Waals surface area contributed by atoms with E-state index in [0.717, 1.165) is 0 Å². The van der Waals surface area contributed by atoms with Crippen LogP contribution in [0.4, 0.5) is 4.79 Å². The molecule has 1 aromatic carbocycles. The van der Waals surface area contributed by atoms with E-state index in [4.69, 9.17) is 5.26 Å². The Kier molecular flexibility index (Phi) is 5.74. The predicted molar refractivity (Wildman–Crippen MR) is 96.1 cm³/mol. The first-order valence-corrected chi connectivity index (χ1v) is 10.2. The highest BCUT2D eigenvalue weighted by Crippen LogP contribution is 2.21. The van der Waals surface area contributed by atoms with E-state index in [1.165, 1.54) is 21.3 Å². The maximum Gasteiger partial charge on any atom is 0.324 e. The van der Waals surface area contributed by atoms with Crippen molar-refractivity contribution in [2.75, 3.05) is 45.8 Å². The van der Waals surface area contributed by atoms with Gasteiger partial charge in [0.1, 0.15) is 6.07 Å². The van der Waals surface area contributed by atoms with Gasteiger partial charge in [0.2, 0.25) is 15.9 Å². The first-order chi connectivity index (χ1) is 12.9. The van der Waals surface area contributed by atoms with Crippen molar-refractivity contribution < 1.29 is 18.0 Å². The zero-order chi connectivity index (χ0) is 19.4. The van der Waals surface area contributed by atoms with Crippen LogP contribution in [0.2, 0.25) is 0 Å². The Labute approximate surface area is 158 Å². The average Bonchev–Trinajstić information content (AvgIpc) is 3.00. The van der Waals surface area contributed by atoms with Gasteiger partial charge in [0, 0.05) is 32.7 Å². The average molecular weight is 391 g/mol. The molecule has 3 rings (SSSR count). The molecule has 10 heteroatoms. The van der Waals surface area contributed by atoms with Crippen molar-refractivity contribution in [1.29, 1.82) is 5.26 Å². The van der Waals surface area contributed by atoms with Crippen LogP contribution < -0.4 is 5.32 Å². The van der Waals surface area contributed by atoms with Crippen LogP contribution in [0.3, 0.4) is 0 Å². The second-order valence-corrected chi connectivity index (χ2v) is 8.32. The Hall–Kier alpha value is -2.48. The number of sulfonamides is 1. The molecule has 0 aromatic heterocycles. The van der Waals surface area contributed by atoms with Gasteiger partial charge in [0.25, 0.3) is 0 Å². The molecule has 1 aromatic rings. The monoisotopic (exact) mass is 391 g/mol. The molecule has 27 heavy (non-hydrogen) atoms. The van der Waals surface area contributed by atoms with E-state index in [1.807, 2.05) is 6.07 Å². The van der Waals surface area contributed by atoms with Gasteiger partial charge >= 0.3 is 6.03 Å². The standard InChI is InChI=1S/C17H21N5O4S/c18-12-14-4-1-2-5-15(14)27(25,26)21-10-8-20(9-11-21)6-3-7-22-16(23)13-19-17(22)24/h1-2,4-5H,3,6-11,13H2,(H,19,24). The van der Waals surface area contributed by atoms with Gasteiger partial charge in [-0.1, -0.05) is 12.1 Å². The summed E-state index contributed by atoms with van der Waals surface area (Å²) in [6.07, 6.45) is 0.642. The van der Waals surface area contributed by atoms with Gasteiger partial charge in [0.05, 0.1) is 17.0 Å². The lowest BCUT2D eigenvalue weighted by Crippen LogP contribution is -2.49. The lowest BCUT2D eigenvalue weighted by Gasteiger charge is -2.34. The molecular formula is C17H21N5O4S. The van der Waals surface area contributed by atoms with Crippen molar-refractivity contribution >= 4 is 22.0 Å². The third kappa shape index (κ3) is 4.10. The van der Waals surface area contributed by atoms with Gasteiger partial charge in [-0.15, -0.1) is 0 Å². The molecular weight excluding hydrogens is 370 g/mol. The number of nitrogens with one attached hydrogen (secondary N) is 1. The van der Waals surface area contributed by atoms with Crippen molar-refractivity contribution in [3.63, 3.8) is 0 Å². The number of amides is 3. The molecule has 9 nitrogen and oxygen atoms in total. The number of imide groups is 1. The van der Waals surface area contributed by atoms with Gasteiger partial charge < -0.3 is 10.2 Å². The zero-order valence-electron chi connectivity index (χ0n) is 14.8. The summed E-state index contributed by atoms with van der Waals surface area (Å²) in [7, 11) is -3.70. The molecule has 0 radical (unpaired) electrons. The summed E-state index contributed by atoms with van der Waals surface area (Å²) in [5.74, 6) is -0.216. The molecule has 0 atom stereocenters. The van der Waals surface area contributed by atoms with E-state index in [2.05, 4.69) is 10.2 Å². The summed E-state index contributed by atoms with van der Waals surface area (Å²) in [6.45, 7) is 2.90. The van der Waals surface area contributed by atoms with Gasteiger partial charge in [-0.2, -0.15) is 9.57 Å². The van der Waals surface area contributed by atoms with Crippen LogP contribution >= 0.6 is 0 Å². The van der Waals surface area contributed by atoms with Crippen LogP contribution in [0, 0.1) is 11.3 Å². The van der Waals surface area contributed by atoms with Gasteiger partial charge in [-0.05, 0) is 25.1 Å². The fourth-order valence-electron chi connectivity index (χ4n) is 3.25. The van der Waals surface area contributed by atoms with Crippen LogP contribution in [-0.4, -0.2) is 80.3 Å². The predicted octanol–water partition coefficient (Wildman–Crippen LogP) is -0.194. The Balaban J connectivity index is 1.52. The first-order valence-electron chi connectivity index (χ1n) is 8.73. The van der Waals surface area contributed by atoms with Crippen molar-refractivity contribution in [2.24, 2.45) is 0 Å². The number of rotatable bonds is 6. The molecule has 3 amide bonds. The fourth-order valence-corrected chi connectivity index (χ4v) is 4.81. The molecule has 0 aliphatic carbocycles. The quantitative estimate of drug-likeness (QED) is 0.672. The largest absolute Gasteiger partial charge is 0.329 e. The van der Waals surface area contributed by atoms with Crippen molar-refractivity contribution in [3.8, 4) is 6.07 Å². The summed E-state index contributed by atoms with van der Waals surface area (Å²) in [5, 5.41) is 11.6. The minimum absolute atomic E-state index is 0.0412. The highest BCUT2D eigenvalue weighted by molar-refractivity contribution is 7.89. The molecule has 2 aliphatic rings. The molecule has 2 aliphatic heterocycles. The van der Waals surface area contributed by atoms with Gasteiger partial charge in [-0.3, -0.25) is 9.69 Å². The summed E-state index contributed by atoms with van der Waals surface area (Å²) < 4.78 is 27.0. The van der Waals surface area contributed by atoms with Crippen LogP contribution in [0.1, 0.15) is 12.0 Å². The SMILES string of the molecule is N#Cc1ccccc1S(=O)(=O)N1CCN(CCCN2C(=O)CNC2=O)CC1. The minimum atomic E-state index is -3.70. The van der Waals surface area contributed by atoms with E-state index >= 15 is 0 Å². The molecule has 2 fully saturated rings. The van der Waals surface area contributed by atoms with Crippen LogP contribution in [0.5, 0.6) is 0 Å². The maximum absolute atomic E-state index is 12.8. The van der Waals surface area contributed by atoms with Gasteiger partial charge in [0.15, 0.2) is 0 Å². The molecule has 2 saturated heterocycles. The molecule has 0 unspecified atom stereocenters. The van der Waals surface area contributed by atoms with E-state index in [-0.39, 0.29) is 28.9 Å². The molecule has 0 bridgehead atoms. The number of piperazine rings is 1. The summed E-state index contributed by atoms with van der Waals surface area (Å²) in [6, 6.07) is 7.78. The second kappa shape index (κ2) is 8.04. The third-order valence-corrected chi connectivity index (χ3v) is 6.71. The maximum atomic E-state index is 12.8. The summed E-state index contributed by atoms with van der Waals surface area (Å²) >= 11 is 0. The smallest absolute Gasteiger partial charge is 0.324 e. The van der Waals surface area contributed by atoms with Gasteiger partial charge in [-0.25, -0.2) is 13.2 Å². The molecule has 0 spiro atoms. The Morgan fingerprint density at radius 3 is 2.41 bits per heavy atom. The number of nitriles is 1. The third-order valence-electron chi connectivity index (χ3n) is 4.75. The minimum Gasteiger partial charge on any atom is -0.329 e. The number of hydrogen-bond donors (Lipinski definition) is 1. The number of nitrogens with zero attached hydrogens (tertiary/aromatic N) is 4. The highest BCUT2D eigenvalue weighted by Gasteiger charge is 2.31. The van der Waals surface area contributed by atoms with E-state index < -0.39 is 10.0 Å². The lowest BCUT2D eigenvalue weighted by molar-refractivity contribution is -0.125. The number of carbonyl (C=O) groups is 2. The Morgan fingerprint density at radius 1 is 1.07 bits per heavy atom. The van der Waals surface area contributed by atoms with E-state index in [0.29, 0.717) is 45.7 Å². The van der Waals surface area contributed by atoms with E-state index in [9.17, 15) is 18.0 Å². The number of urea groups is 1. The number of carbonyl (C=O) groups excluding carboxylic acids is 2.